The molecule has 0 radical (unpaired) electrons. The summed E-state index contributed by atoms with van der Waals surface area (Å²) >= 11 is 0. The Hall–Kier alpha value is -2.70. The summed E-state index contributed by atoms with van der Waals surface area (Å²) in [4.78, 5) is 15.0. The number of benzene rings is 2. The molecule has 2 aromatic carbocycles. The van der Waals surface area contributed by atoms with Crippen molar-refractivity contribution in [3.63, 3.8) is 0 Å². The standard InChI is InChI=1S/C24H25FN2O3/c25-18-2-4-21-20(12-18)22(24(29)26-21)23-19-3-1-15(11-17(19)14-30-23)5-8-27-9-6-16(13-28)7-10-27/h1-4,11-12,16,28H,5-10,13-14H2,(H,26,29). The summed E-state index contributed by atoms with van der Waals surface area (Å²) in [6.45, 7) is 3.80. The second-order valence-corrected chi connectivity index (χ2v) is 8.35. The molecular formula is C24H25FN2O3. The van der Waals surface area contributed by atoms with E-state index in [4.69, 9.17) is 4.74 Å². The van der Waals surface area contributed by atoms with Gasteiger partial charge in [0.05, 0.1) is 5.57 Å². The fourth-order valence-electron chi connectivity index (χ4n) is 4.62. The molecule has 156 valence electrons. The number of ether oxygens (including phenoxy) is 1. The highest BCUT2D eigenvalue weighted by Gasteiger charge is 2.32. The monoisotopic (exact) mass is 408 g/mol. The molecular weight excluding hydrogens is 383 g/mol. The van der Waals surface area contributed by atoms with Crippen LogP contribution in [0.3, 0.4) is 0 Å². The Balaban J connectivity index is 1.34. The van der Waals surface area contributed by atoms with E-state index < -0.39 is 0 Å². The van der Waals surface area contributed by atoms with E-state index in [0.717, 1.165) is 50.0 Å². The Morgan fingerprint density at radius 2 is 1.97 bits per heavy atom. The van der Waals surface area contributed by atoms with Gasteiger partial charge in [-0.15, -0.1) is 0 Å². The van der Waals surface area contributed by atoms with Gasteiger partial charge in [0.2, 0.25) is 0 Å². The minimum atomic E-state index is -0.375. The number of amides is 1. The lowest BCUT2D eigenvalue weighted by Gasteiger charge is -2.31. The molecule has 3 aliphatic rings. The first-order valence-corrected chi connectivity index (χ1v) is 10.6. The third kappa shape index (κ3) is 3.50. The Labute approximate surface area is 175 Å². The number of fused-ring (bicyclic) bond motifs is 2. The third-order valence-corrected chi connectivity index (χ3v) is 6.42. The molecule has 1 amide bonds. The van der Waals surface area contributed by atoms with E-state index >= 15 is 0 Å². The summed E-state index contributed by atoms with van der Waals surface area (Å²) in [6.07, 6.45) is 3.09. The number of rotatable bonds is 4. The Kier molecular flexibility index (Phi) is 5.05. The Morgan fingerprint density at radius 3 is 2.77 bits per heavy atom. The lowest BCUT2D eigenvalue weighted by molar-refractivity contribution is -0.110. The quantitative estimate of drug-likeness (QED) is 0.761. The first-order valence-electron chi connectivity index (χ1n) is 10.6. The molecule has 2 aromatic rings. The molecule has 2 N–H and O–H groups in total. The van der Waals surface area contributed by atoms with Gasteiger partial charge in [0.15, 0.2) is 0 Å². The van der Waals surface area contributed by atoms with Gasteiger partial charge in [0.1, 0.15) is 18.2 Å². The summed E-state index contributed by atoms with van der Waals surface area (Å²) in [5.74, 6) is 0.356. The summed E-state index contributed by atoms with van der Waals surface area (Å²) in [5, 5.41) is 12.1. The molecule has 6 heteroatoms. The molecule has 3 heterocycles. The van der Waals surface area contributed by atoms with Crippen LogP contribution in [0.2, 0.25) is 0 Å². The zero-order valence-electron chi connectivity index (χ0n) is 16.8. The van der Waals surface area contributed by atoms with Crippen LogP contribution < -0.4 is 5.32 Å². The first-order chi connectivity index (χ1) is 14.6. The van der Waals surface area contributed by atoms with E-state index in [1.54, 1.807) is 6.07 Å². The first kappa shape index (κ1) is 19.3. The van der Waals surface area contributed by atoms with Gasteiger partial charge < -0.3 is 20.1 Å². The van der Waals surface area contributed by atoms with Crippen LogP contribution in [0, 0.1) is 11.7 Å². The maximum atomic E-state index is 13.8. The molecule has 0 aliphatic carbocycles. The predicted molar refractivity (Wildman–Crippen MR) is 113 cm³/mol. The summed E-state index contributed by atoms with van der Waals surface area (Å²) in [5.41, 5.74) is 4.79. The lowest BCUT2D eigenvalue weighted by Crippen LogP contribution is -2.36. The Bertz CT molecular complexity index is 1030. The molecule has 1 saturated heterocycles. The second kappa shape index (κ2) is 7.85. The number of nitrogens with one attached hydrogen (secondary N) is 1. The van der Waals surface area contributed by atoms with Crippen molar-refractivity contribution in [2.75, 3.05) is 31.6 Å². The van der Waals surface area contributed by atoms with Crippen LogP contribution in [0.15, 0.2) is 36.4 Å². The molecule has 0 atom stereocenters. The van der Waals surface area contributed by atoms with Crippen LogP contribution in [-0.2, 0) is 22.6 Å². The molecule has 0 saturated carbocycles. The van der Waals surface area contributed by atoms with E-state index in [1.165, 1.54) is 17.7 Å². The van der Waals surface area contributed by atoms with Crippen LogP contribution in [0.25, 0.3) is 11.3 Å². The molecule has 5 rings (SSSR count). The molecule has 1 fully saturated rings. The normalized spacial score (nSPS) is 21.3. The van der Waals surface area contributed by atoms with Crippen molar-refractivity contribution in [3.8, 4) is 0 Å². The molecule has 0 bridgehead atoms. The smallest absolute Gasteiger partial charge is 0.260 e. The molecule has 0 aromatic heterocycles. The van der Waals surface area contributed by atoms with Gasteiger partial charge >= 0.3 is 0 Å². The van der Waals surface area contributed by atoms with Crippen LogP contribution in [0.5, 0.6) is 0 Å². The van der Waals surface area contributed by atoms with Crippen molar-refractivity contribution < 1.29 is 19.0 Å². The number of anilines is 1. The highest BCUT2D eigenvalue weighted by atomic mass is 19.1. The van der Waals surface area contributed by atoms with E-state index in [2.05, 4.69) is 22.3 Å². The third-order valence-electron chi connectivity index (χ3n) is 6.42. The van der Waals surface area contributed by atoms with Crippen molar-refractivity contribution in [2.24, 2.45) is 5.92 Å². The Morgan fingerprint density at radius 1 is 1.13 bits per heavy atom. The van der Waals surface area contributed by atoms with Crippen LogP contribution in [0.4, 0.5) is 10.1 Å². The van der Waals surface area contributed by atoms with Gasteiger partial charge in [-0.05, 0) is 62.0 Å². The van der Waals surface area contributed by atoms with Gasteiger partial charge in [-0.3, -0.25) is 4.79 Å². The number of likely N-dealkylation sites (tertiary alicyclic amines) is 1. The molecule has 0 unspecified atom stereocenters. The second-order valence-electron chi connectivity index (χ2n) is 8.35. The topological polar surface area (TPSA) is 61.8 Å². The van der Waals surface area contributed by atoms with Gasteiger partial charge in [-0.2, -0.15) is 0 Å². The van der Waals surface area contributed by atoms with Crippen LogP contribution >= 0.6 is 0 Å². The number of hydrogen-bond donors (Lipinski definition) is 2. The summed E-state index contributed by atoms with van der Waals surface area (Å²) in [6, 6.07) is 10.6. The number of piperidine rings is 1. The van der Waals surface area contributed by atoms with Gasteiger partial charge in [0, 0.05) is 35.5 Å². The van der Waals surface area contributed by atoms with Crippen molar-refractivity contribution in [2.45, 2.75) is 25.9 Å². The average Bonchev–Trinajstić information content (AvgIpc) is 3.31. The van der Waals surface area contributed by atoms with Crippen LogP contribution in [0.1, 0.15) is 35.1 Å². The maximum absolute atomic E-state index is 13.8. The highest BCUT2D eigenvalue weighted by Crippen LogP contribution is 2.42. The number of aliphatic hydroxyl groups excluding tert-OH is 1. The number of hydrogen-bond acceptors (Lipinski definition) is 4. The van der Waals surface area contributed by atoms with Crippen LogP contribution in [-0.4, -0.2) is 42.2 Å². The number of aliphatic hydroxyl groups is 1. The fraction of sp³-hybridized carbons (Fsp3) is 0.375. The minimum absolute atomic E-state index is 0.256. The fourth-order valence-corrected chi connectivity index (χ4v) is 4.62. The summed E-state index contributed by atoms with van der Waals surface area (Å²) in [7, 11) is 0. The largest absolute Gasteiger partial charge is 0.487 e. The maximum Gasteiger partial charge on any atom is 0.260 e. The van der Waals surface area contributed by atoms with Crippen molar-refractivity contribution in [1.82, 2.24) is 4.90 Å². The molecule has 0 spiro atoms. The van der Waals surface area contributed by atoms with E-state index in [0.29, 0.717) is 41.7 Å². The molecule has 3 aliphatic heterocycles. The van der Waals surface area contributed by atoms with Crippen molar-refractivity contribution in [1.29, 1.82) is 0 Å². The predicted octanol–water partition coefficient (Wildman–Crippen LogP) is 3.42. The summed E-state index contributed by atoms with van der Waals surface area (Å²) < 4.78 is 19.7. The minimum Gasteiger partial charge on any atom is -0.487 e. The van der Waals surface area contributed by atoms with E-state index in [-0.39, 0.29) is 11.7 Å². The van der Waals surface area contributed by atoms with Crippen molar-refractivity contribution in [3.05, 3.63) is 64.5 Å². The highest BCUT2D eigenvalue weighted by molar-refractivity contribution is 6.36. The van der Waals surface area contributed by atoms with Gasteiger partial charge in [-0.1, -0.05) is 18.2 Å². The molecule has 30 heavy (non-hydrogen) atoms. The van der Waals surface area contributed by atoms with Gasteiger partial charge in [-0.25, -0.2) is 4.39 Å². The average molecular weight is 408 g/mol. The number of carbonyl (C=O) groups is 1. The van der Waals surface area contributed by atoms with E-state index in [9.17, 15) is 14.3 Å². The zero-order valence-corrected chi connectivity index (χ0v) is 16.8. The lowest BCUT2D eigenvalue weighted by atomic mass is 9.96. The zero-order chi connectivity index (χ0) is 20.7. The van der Waals surface area contributed by atoms with Crippen molar-refractivity contribution >= 4 is 22.9 Å². The number of carbonyl (C=O) groups excluding carboxylic acids is 1. The number of halogens is 1. The SMILES string of the molecule is O=C1Nc2ccc(F)cc2C1=C1OCc2cc(CCN3CCC(CO)CC3)ccc21. The van der Waals surface area contributed by atoms with Gasteiger partial charge in [0.25, 0.3) is 5.91 Å². The number of nitrogens with zero attached hydrogens (tertiary/aromatic N) is 1. The van der Waals surface area contributed by atoms with E-state index in [1.807, 2.05) is 6.07 Å². The molecule has 5 nitrogen and oxygen atoms in total.